The summed E-state index contributed by atoms with van der Waals surface area (Å²) in [6, 6.07) is 14.9. The quantitative estimate of drug-likeness (QED) is 0.767. The number of carboxylic acids is 1. The molecule has 0 radical (unpaired) electrons. The van der Waals surface area contributed by atoms with Crippen LogP contribution in [0.4, 0.5) is 0 Å². The average molecular weight is 343 g/mol. The van der Waals surface area contributed by atoms with Crippen LogP contribution >= 0.6 is 0 Å². The molecule has 25 heavy (non-hydrogen) atoms. The summed E-state index contributed by atoms with van der Waals surface area (Å²) < 4.78 is 10.5. The van der Waals surface area contributed by atoms with Gasteiger partial charge in [-0.25, -0.2) is 4.79 Å². The summed E-state index contributed by atoms with van der Waals surface area (Å²) >= 11 is 0. The molecule has 2 aromatic carbocycles. The molecule has 0 aromatic heterocycles. The van der Waals surface area contributed by atoms with Crippen LogP contribution in [-0.2, 0) is 20.7 Å². The first-order chi connectivity index (χ1) is 12.1. The van der Waals surface area contributed by atoms with Crippen LogP contribution in [0.15, 0.2) is 54.6 Å². The summed E-state index contributed by atoms with van der Waals surface area (Å²) in [6.07, 6.45) is -0.767. The van der Waals surface area contributed by atoms with Gasteiger partial charge in [-0.3, -0.25) is 4.79 Å². The largest absolute Gasteiger partial charge is 0.496 e. The SMILES string of the molecule is COc1ccccc1C[C@H](NC(=O)[C@H](OC)c1ccccc1)C(=O)O. The molecule has 0 aliphatic heterocycles. The Labute approximate surface area is 146 Å². The van der Waals surface area contributed by atoms with E-state index >= 15 is 0 Å². The van der Waals surface area contributed by atoms with Gasteiger partial charge in [0.05, 0.1) is 7.11 Å². The second-order valence-electron chi connectivity index (χ2n) is 5.44. The van der Waals surface area contributed by atoms with Crippen molar-refractivity contribution < 1.29 is 24.2 Å². The van der Waals surface area contributed by atoms with E-state index in [-0.39, 0.29) is 6.42 Å². The number of hydrogen-bond donors (Lipinski definition) is 2. The second-order valence-corrected chi connectivity index (χ2v) is 5.44. The number of methoxy groups -OCH3 is 2. The van der Waals surface area contributed by atoms with Gasteiger partial charge in [0.25, 0.3) is 5.91 Å². The summed E-state index contributed by atoms with van der Waals surface area (Å²) in [5, 5.41) is 12.0. The number of nitrogens with one attached hydrogen (secondary N) is 1. The van der Waals surface area contributed by atoms with Crippen molar-refractivity contribution in [1.29, 1.82) is 0 Å². The Balaban J connectivity index is 2.15. The van der Waals surface area contributed by atoms with Gasteiger partial charge in [0.1, 0.15) is 11.8 Å². The van der Waals surface area contributed by atoms with Crippen molar-refractivity contribution in [3.63, 3.8) is 0 Å². The molecule has 6 nitrogen and oxygen atoms in total. The maximum Gasteiger partial charge on any atom is 0.326 e. The molecule has 6 heteroatoms. The molecule has 2 atom stereocenters. The van der Waals surface area contributed by atoms with Gasteiger partial charge in [-0.15, -0.1) is 0 Å². The molecule has 0 unspecified atom stereocenters. The van der Waals surface area contributed by atoms with Gasteiger partial charge in [-0.05, 0) is 17.2 Å². The molecule has 0 saturated carbocycles. The van der Waals surface area contributed by atoms with Gasteiger partial charge in [0.15, 0.2) is 6.10 Å². The summed E-state index contributed by atoms with van der Waals surface area (Å²) in [4.78, 5) is 24.1. The van der Waals surface area contributed by atoms with Gasteiger partial charge in [0, 0.05) is 13.5 Å². The van der Waals surface area contributed by atoms with Crippen molar-refractivity contribution >= 4 is 11.9 Å². The zero-order valence-electron chi connectivity index (χ0n) is 14.1. The lowest BCUT2D eigenvalue weighted by Crippen LogP contribution is -2.44. The van der Waals surface area contributed by atoms with Gasteiger partial charge >= 0.3 is 5.97 Å². The standard InChI is InChI=1S/C19H21NO5/c1-24-16-11-7-6-10-14(16)12-15(19(22)23)20-18(21)17(25-2)13-8-4-3-5-9-13/h3-11,15,17H,12H2,1-2H3,(H,20,21)(H,22,23)/t15-,17+/m0/s1. The fourth-order valence-corrected chi connectivity index (χ4v) is 2.56. The van der Waals surface area contributed by atoms with E-state index in [2.05, 4.69) is 5.32 Å². The van der Waals surface area contributed by atoms with Crippen LogP contribution in [0.25, 0.3) is 0 Å². The molecule has 0 spiro atoms. The number of para-hydroxylation sites is 1. The van der Waals surface area contributed by atoms with Crippen LogP contribution in [0.2, 0.25) is 0 Å². The molecule has 0 fully saturated rings. The molecular weight excluding hydrogens is 322 g/mol. The van der Waals surface area contributed by atoms with Crippen molar-refractivity contribution in [2.24, 2.45) is 0 Å². The minimum Gasteiger partial charge on any atom is -0.496 e. The van der Waals surface area contributed by atoms with E-state index < -0.39 is 24.0 Å². The Hall–Kier alpha value is -2.86. The van der Waals surface area contributed by atoms with Gasteiger partial charge in [0.2, 0.25) is 0 Å². The lowest BCUT2D eigenvalue weighted by atomic mass is 10.0. The molecule has 1 amide bonds. The normalized spacial score (nSPS) is 12.9. The molecule has 2 rings (SSSR count). The fourth-order valence-electron chi connectivity index (χ4n) is 2.56. The van der Waals surface area contributed by atoms with Crippen LogP contribution in [0, 0.1) is 0 Å². The van der Waals surface area contributed by atoms with Gasteiger partial charge in [-0.2, -0.15) is 0 Å². The third kappa shape index (κ3) is 4.81. The van der Waals surface area contributed by atoms with Crippen molar-refractivity contribution in [3.05, 3.63) is 65.7 Å². The summed E-state index contributed by atoms with van der Waals surface area (Å²) in [6.45, 7) is 0. The van der Waals surface area contributed by atoms with E-state index in [4.69, 9.17) is 9.47 Å². The monoisotopic (exact) mass is 343 g/mol. The Bertz CT molecular complexity index is 717. The van der Waals surface area contributed by atoms with Gasteiger partial charge in [-0.1, -0.05) is 48.5 Å². The molecular formula is C19H21NO5. The first-order valence-electron chi connectivity index (χ1n) is 7.79. The highest BCUT2D eigenvalue weighted by Crippen LogP contribution is 2.20. The number of aliphatic carboxylic acids is 1. The summed E-state index contributed by atoms with van der Waals surface area (Å²) in [7, 11) is 2.93. The number of ether oxygens (including phenoxy) is 2. The molecule has 0 heterocycles. The molecule has 0 bridgehead atoms. The minimum absolute atomic E-state index is 0.107. The summed E-state index contributed by atoms with van der Waals surface area (Å²) in [5.41, 5.74) is 1.36. The average Bonchev–Trinajstić information content (AvgIpc) is 2.63. The zero-order chi connectivity index (χ0) is 18.2. The van der Waals surface area contributed by atoms with Crippen LogP contribution in [0.5, 0.6) is 5.75 Å². The lowest BCUT2D eigenvalue weighted by Gasteiger charge is -2.20. The van der Waals surface area contributed by atoms with Crippen molar-refractivity contribution in [1.82, 2.24) is 5.32 Å². The van der Waals surface area contributed by atoms with Crippen LogP contribution in [0.1, 0.15) is 17.2 Å². The third-order valence-electron chi connectivity index (χ3n) is 3.81. The van der Waals surface area contributed by atoms with E-state index in [9.17, 15) is 14.7 Å². The van der Waals surface area contributed by atoms with Crippen molar-refractivity contribution in [2.45, 2.75) is 18.6 Å². The Morgan fingerprint density at radius 1 is 1.04 bits per heavy atom. The zero-order valence-corrected chi connectivity index (χ0v) is 14.1. The first-order valence-corrected chi connectivity index (χ1v) is 7.79. The predicted molar refractivity (Wildman–Crippen MR) is 92.5 cm³/mol. The number of hydrogen-bond acceptors (Lipinski definition) is 4. The minimum atomic E-state index is -1.12. The van der Waals surface area contributed by atoms with Crippen molar-refractivity contribution in [2.75, 3.05) is 14.2 Å². The van der Waals surface area contributed by atoms with E-state index in [0.717, 1.165) is 0 Å². The molecule has 2 N–H and O–H groups in total. The second kappa shape index (κ2) is 8.84. The molecule has 0 aliphatic carbocycles. The van der Waals surface area contributed by atoms with Crippen LogP contribution in [0.3, 0.4) is 0 Å². The molecule has 132 valence electrons. The highest BCUT2D eigenvalue weighted by molar-refractivity contribution is 5.87. The van der Waals surface area contributed by atoms with Gasteiger partial charge < -0.3 is 19.9 Å². The Morgan fingerprint density at radius 3 is 2.28 bits per heavy atom. The van der Waals surface area contributed by atoms with E-state index in [1.165, 1.54) is 14.2 Å². The Morgan fingerprint density at radius 2 is 1.68 bits per heavy atom. The maximum atomic E-state index is 12.5. The van der Waals surface area contributed by atoms with Crippen molar-refractivity contribution in [3.8, 4) is 5.75 Å². The van der Waals surface area contributed by atoms with E-state index in [1.54, 1.807) is 48.5 Å². The topological polar surface area (TPSA) is 84.9 Å². The first kappa shape index (κ1) is 18.5. The summed E-state index contributed by atoms with van der Waals surface area (Å²) in [5.74, 6) is -1.05. The maximum absolute atomic E-state index is 12.5. The smallest absolute Gasteiger partial charge is 0.326 e. The Kier molecular flexibility index (Phi) is 6.54. The lowest BCUT2D eigenvalue weighted by molar-refractivity contribution is -0.144. The van der Waals surface area contributed by atoms with E-state index in [1.807, 2.05) is 6.07 Å². The highest BCUT2D eigenvalue weighted by atomic mass is 16.5. The van der Waals surface area contributed by atoms with E-state index in [0.29, 0.717) is 16.9 Å². The molecule has 0 aliphatic rings. The molecule has 2 aromatic rings. The number of carbonyl (C=O) groups is 2. The van der Waals surface area contributed by atoms with Crippen LogP contribution < -0.4 is 10.1 Å². The number of carboxylic acid groups (broad SMARTS) is 1. The highest BCUT2D eigenvalue weighted by Gasteiger charge is 2.27. The molecule has 0 saturated heterocycles. The number of carbonyl (C=O) groups excluding carboxylic acids is 1. The number of amides is 1. The number of rotatable bonds is 8. The fraction of sp³-hybridized carbons (Fsp3) is 0.263. The van der Waals surface area contributed by atoms with Crippen LogP contribution in [-0.4, -0.2) is 37.2 Å². The number of benzene rings is 2. The third-order valence-corrected chi connectivity index (χ3v) is 3.81. The predicted octanol–water partition coefficient (Wildman–Crippen LogP) is 2.19.